The topological polar surface area (TPSA) is 55.1 Å². The van der Waals surface area contributed by atoms with Crippen LogP contribution >= 0.6 is 11.6 Å². The molecule has 1 aromatic carbocycles. The van der Waals surface area contributed by atoms with Gasteiger partial charge in [0.2, 0.25) is 0 Å². The highest BCUT2D eigenvalue weighted by Crippen LogP contribution is 2.29. The minimum atomic E-state index is -0.122. The van der Waals surface area contributed by atoms with Gasteiger partial charge in [0.25, 0.3) is 5.91 Å². The highest BCUT2D eigenvalue weighted by atomic mass is 35.5. The third kappa shape index (κ3) is 3.63. The van der Waals surface area contributed by atoms with E-state index in [4.69, 9.17) is 17.3 Å². The Morgan fingerprint density at radius 2 is 1.89 bits per heavy atom. The molecule has 1 aliphatic rings. The average molecular weight is 281 g/mol. The number of rotatable bonds is 2. The van der Waals surface area contributed by atoms with Gasteiger partial charge in [-0.25, -0.2) is 0 Å². The number of nitrogen functional groups attached to an aromatic ring is 1. The van der Waals surface area contributed by atoms with Gasteiger partial charge in [0.1, 0.15) is 0 Å². The second-order valence-electron chi connectivity index (χ2n) is 5.83. The zero-order chi connectivity index (χ0) is 14.0. The molecule has 0 radical (unpaired) electrons. The van der Waals surface area contributed by atoms with E-state index in [1.54, 1.807) is 18.2 Å². The summed E-state index contributed by atoms with van der Waals surface area (Å²) in [5, 5.41) is 3.53. The summed E-state index contributed by atoms with van der Waals surface area (Å²) in [5.41, 5.74) is 6.72. The fourth-order valence-electron chi connectivity index (χ4n) is 3.04. The summed E-state index contributed by atoms with van der Waals surface area (Å²) in [6.07, 6.45) is 3.32. The summed E-state index contributed by atoms with van der Waals surface area (Å²) in [6, 6.07) is 5.23. The van der Waals surface area contributed by atoms with Crippen molar-refractivity contribution in [3.63, 3.8) is 0 Å². The van der Waals surface area contributed by atoms with Gasteiger partial charge < -0.3 is 11.1 Å². The maximum absolute atomic E-state index is 12.2. The van der Waals surface area contributed by atoms with Crippen LogP contribution in [0.2, 0.25) is 5.02 Å². The second-order valence-corrected chi connectivity index (χ2v) is 6.23. The lowest BCUT2D eigenvalue weighted by molar-refractivity contribution is 0.0911. The summed E-state index contributed by atoms with van der Waals surface area (Å²) < 4.78 is 0. The molecule has 4 heteroatoms. The Hall–Kier alpha value is -1.22. The fraction of sp³-hybridized carbons (Fsp3) is 0.533. The Morgan fingerprint density at radius 1 is 1.26 bits per heavy atom. The summed E-state index contributed by atoms with van der Waals surface area (Å²) in [7, 11) is 0. The minimum Gasteiger partial charge on any atom is -0.399 e. The Morgan fingerprint density at radius 3 is 2.53 bits per heavy atom. The molecule has 0 saturated heterocycles. The van der Waals surface area contributed by atoms with Gasteiger partial charge in [-0.1, -0.05) is 25.4 Å². The van der Waals surface area contributed by atoms with Crippen molar-refractivity contribution in [2.75, 3.05) is 5.73 Å². The molecule has 19 heavy (non-hydrogen) atoms. The van der Waals surface area contributed by atoms with Gasteiger partial charge in [-0.15, -0.1) is 0 Å². The van der Waals surface area contributed by atoms with E-state index in [9.17, 15) is 4.79 Å². The molecule has 0 heterocycles. The first-order valence-corrected chi connectivity index (χ1v) is 7.19. The largest absolute Gasteiger partial charge is 0.399 e. The van der Waals surface area contributed by atoms with Gasteiger partial charge in [-0.2, -0.15) is 0 Å². The molecule has 1 aromatic rings. The van der Waals surface area contributed by atoms with E-state index >= 15 is 0 Å². The van der Waals surface area contributed by atoms with E-state index < -0.39 is 0 Å². The standard InChI is InChI=1S/C15H21ClN2O/c1-9-5-10(2)7-12(6-9)18-15(19)13-8-11(17)3-4-14(13)16/h3-4,8-10,12H,5-7,17H2,1-2H3,(H,18,19). The molecule has 0 spiro atoms. The number of halogens is 1. The number of nitrogens with two attached hydrogens (primary N) is 1. The van der Waals surface area contributed by atoms with Crippen LogP contribution in [0.3, 0.4) is 0 Å². The summed E-state index contributed by atoms with van der Waals surface area (Å²) in [6.45, 7) is 4.48. The van der Waals surface area contributed by atoms with Gasteiger partial charge in [0, 0.05) is 11.7 Å². The first-order valence-electron chi connectivity index (χ1n) is 6.81. The molecule has 2 unspecified atom stereocenters. The number of benzene rings is 1. The maximum atomic E-state index is 12.2. The zero-order valence-corrected chi connectivity index (χ0v) is 12.2. The molecule has 0 aromatic heterocycles. The molecule has 2 atom stereocenters. The maximum Gasteiger partial charge on any atom is 0.253 e. The Kier molecular flexibility index (Phi) is 4.35. The SMILES string of the molecule is CC1CC(C)CC(NC(=O)c2cc(N)ccc2Cl)C1. The van der Waals surface area contributed by atoms with E-state index in [1.165, 1.54) is 6.42 Å². The van der Waals surface area contributed by atoms with Crippen molar-refractivity contribution >= 4 is 23.2 Å². The van der Waals surface area contributed by atoms with Crippen LogP contribution in [0.1, 0.15) is 43.5 Å². The Labute approximate surface area is 119 Å². The van der Waals surface area contributed by atoms with Crippen LogP contribution in [0.5, 0.6) is 0 Å². The van der Waals surface area contributed by atoms with Crippen molar-refractivity contribution in [2.24, 2.45) is 11.8 Å². The first-order chi connectivity index (χ1) is 8.95. The van der Waals surface area contributed by atoms with Crippen LogP contribution in [0.4, 0.5) is 5.69 Å². The molecule has 0 bridgehead atoms. The van der Waals surface area contributed by atoms with Crippen molar-refractivity contribution in [3.8, 4) is 0 Å². The predicted octanol–water partition coefficient (Wildman–Crippen LogP) is 3.48. The van der Waals surface area contributed by atoms with Crippen LogP contribution in [0.25, 0.3) is 0 Å². The number of carbonyl (C=O) groups excluding carboxylic acids is 1. The van der Waals surface area contributed by atoms with Crippen LogP contribution in [-0.2, 0) is 0 Å². The molecule has 1 fully saturated rings. The van der Waals surface area contributed by atoms with Gasteiger partial charge in [0.15, 0.2) is 0 Å². The van der Waals surface area contributed by atoms with Crippen molar-refractivity contribution in [1.29, 1.82) is 0 Å². The van der Waals surface area contributed by atoms with E-state index in [-0.39, 0.29) is 11.9 Å². The molecule has 2 rings (SSSR count). The summed E-state index contributed by atoms with van der Waals surface area (Å²) >= 11 is 6.05. The molecule has 0 aliphatic heterocycles. The van der Waals surface area contributed by atoms with E-state index in [0.717, 1.165) is 12.8 Å². The quantitative estimate of drug-likeness (QED) is 0.815. The van der Waals surface area contributed by atoms with E-state index in [2.05, 4.69) is 19.2 Å². The number of nitrogens with one attached hydrogen (secondary N) is 1. The number of hydrogen-bond donors (Lipinski definition) is 2. The van der Waals surface area contributed by atoms with Gasteiger partial charge >= 0.3 is 0 Å². The lowest BCUT2D eigenvalue weighted by atomic mass is 9.80. The van der Waals surface area contributed by atoms with Gasteiger partial charge in [-0.05, 0) is 49.3 Å². The normalized spacial score (nSPS) is 27.0. The fourth-order valence-corrected chi connectivity index (χ4v) is 3.25. The van der Waals surface area contributed by atoms with Crippen molar-refractivity contribution in [1.82, 2.24) is 5.32 Å². The van der Waals surface area contributed by atoms with Crippen molar-refractivity contribution in [3.05, 3.63) is 28.8 Å². The Bertz CT molecular complexity index is 465. The van der Waals surface area contributed by atoms with Crippen LogP contribution in [0, 0.1) is 11.8 Å². The third-order valence-corrected chi connectivity index (χ3v) is 4.08. The molecule has 1 amide bonds. The molecule has 1 aliphatic carbocycles. The summed E-state index contributed by atoms with van der Waals surface area (Å²) in [4.78, 5) is 12.2. The second kappa shape index (κ2) is 5.83. The first kappa shape index (κ1) is 14.2. The minimum absolute atomic E-state index is 0.122. The monoisotopic (exact) mass is 280 g/mol. The van der Waals surface area contributed by atoms with Crippen molar-refractivity contribution < 1.29 is 4.79 Å². The smallest absolute Gasteiger partial charge is 0.253 e. The summed E-state index contributed by atoms with van der Waals surface area (Å²) in [5.74, 6) is 1.19. The van der Waals surface area contributed by atoms with Gasteiger partial charge in [0.05, 0.1) is 10.6 Å². The van der Waals surface area contributed by atoms with Gasteiger partial charge in [-0.3, -0.25) is 4.79 Å². The Balaban J connectivity index is 2.06. The van der Waals surface area contributed by atoms with Crippen molar-refractivity contribution in [2.45, 2.75) is 39.2 Å². The van der Waals surface area contributed by atoms with Crippen LogP contribution < -0.4 is 11.1 Å². The highest BCUT2D eigenvalue weighted by molar-refractivity contribution is 6.34. The highest BCUT2D eigenvalue weighted by Gasteiger charge is 2.25. The lowest BCUT2D eigenvalue weighted by Gasteiger charge is -2.32. The predicted molar refractivity (Wildman–Crippen MR) is 79.3 cm³/mol. The number of anilines is 1. The molecule has 104 valence electrons. The zero-order valence-electron chi connectivity index (χ0n) is 11.4. The molecule has 3 N–H and O–H groups in total. The number of carbonyl (C=O) groups is 1. The van der Waals surface area contributed by atoms with Crippen LogP contribution in [-0.4, -0.2) is 11.9 Å². The van der Waals surface area contributed by atoms with E-state index in [0.29, 0.717) is 28.1 Å². The molecular formula is C15H21ClN2O. The number of amides is 1. The number of hydrogen-bond acceptors (Lipinski definition) is 2. The molecule has 3 nitrogen and oxygen atoms in total. The van der Waals surface area contributed by atoms with E-state index in [1.807, 2.05) is 0 Å². The average Bonchev–Trinajstić information content (AvgIpc) is 2.30. The lowest BCUT2D eigenvalue weighted by Crippen LogP contribution is -2.40. The molecular weight excluding hydrogens is 260 g/mol. The third-order valence-electron chi connectivity index (χ3n) is 3.75. The van der Waals surface area contributed by atoms with Crippen LogP contribution in [0.15, 0.2) is 18.2 Å². The molecule has 1 saturated carbocycles.